The van der Waals surface area contributed by atoms with Crippen LogP contribution in [-0.4, -0.2) is 28.3 Å². The third-order valence-electron chi connectivity index (χ3n) is 2.84. The van der Waals surface area contributed by atoms with Gasteiger partial charge < -0.3 is 10.5 Å². The van der Waals surface area contributed by atoms with Crippen molar-refractivity contribution in [3.05, 3.63) is 42.1 Å². The van der Waals surface area contributed by atoms with Crippen LogP contribution in [0.25, 0.3) is 5.69 Å². The molecule has 92 valence electrons. The SMILES string of the molecule is CC1CN=C(c2cnn(-c3ccccc3)c2N)O1. The van der Waals surface area contributed by atoms with E-state index in [-0.39, 0.29) is 6.10 Å². The van der Waals surface area contributed by atoms with Crippen molar-refractivity contribution in [2.45, 2.75) is 13.0 Å². The van der Waals surface area contributed by atoms with E-state index < -0.39 is 0 Å². The Morgan fingerprint density at radius 2 is 2.11 bits per heavy atom. The van der Waals surface area contributed by atoms with Crippen LogP contribution >= 0.6 is 0 Å². The van der Waals surface area contributed by atoms with Gasteiger partial charge in [-0.15, -0.1) is 0 Å². The zero-order chi connectivity index (χ0) is 12.5. The van der Waals surface area contributed by atoms with Crippen molar-refractivity contribution >= 4 is 11.7 Å². The van der Waals surface area contributed by atoms with Gasteiger partial charge in [0.2, 0.25) is 5.90 Å². The summed E-state index contributed by atoms with van der Waals surface area (Å²) >= 11 is 0. The summed E-state index contributed by atoms with van der Waals surface area (Å²) < 4.78 is 7.28. The molecule has 3 rings (SSSR count). The summed E-state index contributed by atoms with van der Waals surface area (Å²) in [4.78, 5) is 4.32. The van der Waals surface area contributed by atoms with E-state index in [1.54, 1.807) is 10.9 Å². The van der Waals surface area contributed by atoms with Crippen LogP contribution in [0.15, 0.2) is 41.5 Å². The summed E-state index contributed by atoms with van der Waals surface area (Å²) in [5.74, 6) is 1.14. The number of hydrogen-bond acceptors (Lipinski definition) is 4. The number of aliphatic imine (C=N–C) groups is 1. The Balaban J connectivity index is 1.99. The fraction of sp³-hybridized carbons (Fsp3) is 0.231. The van der Waals surface area contributed by atoms with Gasteiger partial charge in [-0.25, -0.2) is 9.67 Å². The van der Waals surface area contributed by atoms with Gasteiger partial charge in [0.15, 0.2) is 0 Å². The van der Waals surface area contributed by atoms with E-state index in [1.807, 2.05) is 37.3 Å². The minimum absolute atomic E-state index is 0.111. The van der Waals surface area contributed by atoms with E-state index >= 15 is 0 Å². The molecule has 0 bridgehead atoms. The average Bonchev–Trinajstić information content (AvgIpc) is 2.97. The first-order chi connectivity index (χ1) is 8.75. The van der Waals surface area contributed by atoms with Crippen LogP contribution in [0.5, 0.6) is 0 Å². The van der Waals surface area contributed by atoms with Gasteiger partial charge in [0.25, 0.3) is 0 Å². The molecule has 1 aromatic carbocycles. The second-order valence-corrected chi connectivity index (χ2v) is 4.27. The molecular formula is C13H14N4O. The van der Waals surface area contributed by atoms with Gasteiger partial charge in [-0.1, -0.05) is 18.2 Å². The van der Waals surface area contributed by atoms with Crippen LogP contribution in [0.2, 0.25) is 0 Å². The summed E-state index contributed by atoms with van der Waals surface area (Å²) in [7, 11) is 0. The molecule has 18 heavy (non-hydrogen) atoms. The fourth-order valence-corrected chi connectivity index (χ4v) is 1.92. The van der Waals surface area contributed by atoms with E-state index in [0.717, 1.165) is 11.3 Å². The minimum Gasteiger partial charge on any atom is -0.472 e. The molecule has 5 nitrogen and oxygen atoms in total. The topological polar surface area (TPSA) is 65.4 Å². The standard InChI is InChI=1S/C13H14N4O/c1-9-7-15-13(18-9)11-8-16-17(12(11)14)10-5-3-2-4-6-10/h2-6,8-9H,7,14H2,1H3. The Hall–Kier alpha value is -2.30. The lowest BCUT2D eigenvalue weighted by Crippen LogP contribution is -2.10. The lowest BCUT2D eigenvalue weighted by Gasteiger charge is -2.06. The Morgan fingerprint density at radius 1 is 1.33 bits per heavy atom. The van der Waals surface area contributed by atoms with Crippen LogP contribution < -0.4 is 5.73 Å². The summed E-state index contributed by atoms with van der Waals surface area (Å²) in [6.07, 6.45) is 1.80. The highest BCUT2D eigenvalue weighted by Gasteiger charge is 2.21. The first-order valence-electron chi connectivity index (χ1n) is 5.86. The van der Waals surface area contributed by atoms with Crippen LogP contribution in [0.1, 0.15) is 12.5 Å². The Labute approximate surface area is 105 Å². The molecule has 0 radical (unpaired) electrons. The molecule has 0 amide bonds. The monoisotopic (exact) mass is 242 g/mol. The van der Waals surface area contributed by atoms with Gasteiger partial charge in [0.1, 0.15) is 11.9 Å². The van der Waals surface area contributed by atoms with Crippen molar-refractivity contribution in [2.24, 2.45) is 4.99 Å². The van der Waals surface area contributed by atoms with Gasteiger partial charge >= 0.3 is 0 Å². The highest BCUT2D eigenvalue weighted by atomic mass is 16.5. The molecule has 1 aliphatic rings. The van der Waals surface area contributed by atoms with Gasteiger partial charge in [-0.05, 0) is 19.1 Å². The van der Waals surface area contributed by atoms with Gasteiger partial charge in [0, 0.05) is 0 Å². The molecule has 2 heterocycles. The quantitative estimate of drug-likeness (QED) is 0.870. The first-order valence-corrected chi connectivity index (χ1v) is 5.86. The molecule has 1 unspecified atom stereocenters. The van der Waals surface area contributed by atoms with Gasteiger partial charge in [-0.3, -0.25) is 0 Å². The van der Waals surface area contributed by atoms with E-state index in [9.17, 15) is 0 Å². The van der Waals surface area contributed by atoms with Crippen molar-refractivity contribution in [1.82, 2.24) is 9.78 Å². The fourth-order valence-electron chi connectivity index (χ4n) is 1.92. The van der Waals surface area contributed by atoms with Crippen molar-refractivity contribution in [1.29, 1.82) is 0 Å². The van der Waals surface area contributed by atoms with Crippen LogP contribution in [-0.2, 0) is 4.74 Å². The summed E-state index contributed by atoms with van der Waals surface area (Å²) in [5.41, 5.74) is 7.78. The summed E-state index contributed by atoms with van der Waals surface area (Å²) in [6, 6.07) is 9.75. The van der Waals surface area contributed by atoms with Crippen molar-refractivity contribution in [3.8, 4) is 5.69 Å². The molecule has 0 aliphatic carbocycles. The molecule has 0 spiro atoms. The molecule has 2 aromatic rings. The smallest absolute Gasteiger partial charge is 0.222 e. The van der Waals surface area contributed by atoms with Gasteiger partial charge in [0.05, 0.1) is 24.0 Å². The number of hydrogen-bond donors (Lipinski definition) is 1. The highest BCUT2D eigenvalue weighted by molar-refractivity contribution is 5.99. The zero-order valence-electron chi connectivity index (χ0n) is 10.1. The minimum atomic E-state index is 0.111. The summed E-state index contributed by atoms with van der Waals surface area (Å²) in [5, 5.41) is 4.29. The molecule has 1 aliphatic heterocycles. The second-order valence-electron chi connectivity index (χ2n) is 4.27. The van der Waals surface area contributed by atoms with Crippen molar-refractivity contribution in [2.75, 3.05) is 12.3 Å². The Morgan fingerprint density at radius 3 is 2.78 bits per heavy atom. The van der Waals surface area contributed by atoms with Crippen LogP contribution in [0, 0.1) is 0 Å². The average molecular weight is 242 g/mol. The number of para-hydroxylation sites is 1. The van der Waals surface area contributed by atoms with Crippen LogP contribution in [0.4, 0.5) is 5.82 Å². The van der Waals surface area contributed by atoms with E-state index in [4.69, 9.17) is 10.5 Å². The number of benzene rings is 1. The van der Waals surface area contributed by atoms with E-state index in [1.165, 1.54) is 0 Å². The molecule has 0 fully saturated rings. The van der Waals surface area contributed by atoms with Crippen molar-refractivity contribution < 1.29 is 4.74 Å². The number of nitrogens with two attached hydrogens (primary N) is 1. The maximum absolute atomic E-state index is 6.10. The second kappa shape index (κ2) is 4.18. The number of nitrogens with zero attached hydrogens (tertiary/aromatic N) is 3. The lowest BCUT2D eigenvalue weighted by molar-refractivity contribution is 0.246. The number of rotatable bonds is 2. The molecule has 0 saturated carbocycles. The number of aromatic nitrogens is 2. The molecule has 0 saturated heterocycles. The third-order valence-corrected chi connectivity index (χ3v) is 2.84. The Kier molecular flexibility index (Phi) is 2.51. The highest BCUT2D eigenvalue weighted by Crippen LogP contribution is 2.20. The number of nitrogen functional groups attached to an aromatic ring is 1. The van der Waals surface area contributed by atoms with Crippen LogP contribution in [0.3, 0.4) is 0 Å². The molecule has 1 aromatic heterocycles. The Bertz CT molecular complexity index is 588. The largest absolute Gasteiger partial charge is 0.472 e. The summed E-state index contributed by atoms with van der Waals surface area (Å²) in [6.45, 7) is 2.65. The molecule has 2 N–H and O–H groups in total. The molecule has 1 atom stereocenters. The van der Waals surface area contributed by atoms with Crippen molar-refractivity contribution in [3.63, 3.8) is 0 Å². The van der Waals surface area contributed by atoms with Gasteiger partial charge in [-0.2, -0.15) is 5.10 Å². The first kappa shape index (κ1) is 10.8. The maximum atomic E-state index is 6.10. The third kappa shape index (κ3) is 1.73. The normalized spacial score (nSPS) is 18.5. The van der Waals surface area contributed by atoms with E-state index in [0.29, 0.717) is 18.3 Å². The molecule has 5 heteroatoms. The number of ether oxygens (including phenoxy) is 1. The lowest BCUT2D eigenvalue weighted by atomic mass is 10.3. The maximum Gasteiger partial charge on any atom is 0.222 e. The van der Waals surface area contributed by atoms with E-state index in [2.05, 4.69) is 10.1 Å². The number of anilines is 1. The molecular weight excluding hydrogens is 228 g/mol. The predicted molar refractivity (Wildman–Crippen MR) is 69.9 cm³/mol. The predicted octanol–water partition coefficient (Wildman–Crippen LogP) is 1.62. The zero-order valence-corrected chi connectivity index (χ0v) is 10.1.